The van der Waals surface area contributed by atoms with Crippen LogP contribution in [0.4, 0.5) is 51.3 Å². The Balaban J connectivity index is 0.989. The maximum absolute atomic E-state index is 7.63. The zero-order chi connectivity index (χ0) is 52.0. The summed E-state index contributed by atoms with van der Waals surface area (Å²) in [4.78, 5) is 15.8. The van der Waals surface area contributed by atoms with Crippen molar-refractivity contribution in [1.29, 1.82) is 0 Å². The van der Waals surface area contributed by atoms with E-state index in [4.69, 9.17) is 9.72 Å². The molecule has 4 aliphatic heterocycles. The van der Waals surface area contributed by atoms with Crippen LogP contribution in [0.15, 0.2) is 289 Å². The van der Waals surface area contributed by atoms with Crippen molar-refractivity contribution in [1.82, 2.24) is 4.98 Å². The summed E-state index contributed by atoms with van der Waals surface area (Å²) in [5.41, 5.74) is 22.4. The van der Waals surface area contributed by atoms with Gasteiger partial charge < -0.3 is 14.5 Å². The van der Waals surface area contributed by atoms with Gasteiger partial charge in [-0.1, -0.05) is 223 Å². The number of aromatic nitrogens is 1. The highest BCUT2D eigenvalue weighted by molar-refractivity contribution is 8.00. The Labute approximate surface area is 464 Å². The third kappa shape index (κ3) is 7.32. The molecule has 0 radical (unpaired) electrons. The minimum Gasteiger partial charge on any atom is -0.440 e. The zero-order valence-corrected chi connectivity index (χ0v) is 43.6. The van der Waals surface area contributed by atoms with Crippen LogP contribution in [0.2, 0.25) is 0 Å². The predicted octanol–water partition coefficient (Wildman–Crippen LogP) is 14.7. The van der Waals surface area contributed by atoms with Crippen LogP contribution in [0.5, 0.6) is 11.6 Å². The number of ether oxygens (including phenoxy) is 1. The van der Waals surface area contributed by atoms with E-state index in [0.29, 0.717) is 5.88 Å². The monoisotopic (exact) mass is 1020 g/mol. The molecule has 79 heavy (non-hydrogen) atoms. The van der Waals surface area contributed by atoms with E-state index in [0.717, 1.165) is 101 Å². The summed E-state index contributed by atoms with van der Waals surface area (Å²) in [5, 5.41) is 0. The van der Waals surface area contributed by atoms with Gasteiger partial charge >= 0.3 is 0 Å². The van der Waals surface area contributed by atoms with Crippen LogP contribution in [0.3, 0.4) is 0 Å². The lowest BCUT2D eigenvalue weighted by Crippen LogP contribution is -2.64. The molecule has 0 amide bonds. The summed E-state index contributed by atoms with van der Waals surface area (Å²) in [7, 11) is 0. The number of para-hydroxylation sites is 5. The van der Waals surface area contributed by atoms with Gasteiger partial charge in [0, 0.05) is 55.4 Å². The van der Waals surface area contributed by atoms with Gasteiger partial charge in [-0.3, -0.25) is 4.90 Å². The molecule has 4 aliphatic rings. The summed E-state index contributed by atoms with van der Waals surface area (Å²) in [6.45, 7) is -0.333. The minimum absolute atomic E-state index is 0.109. The van der Waals surface area contributed by atoms with Gasteiger partial charge in [-0.25, -0.2) is 0 Å². The highest BCUT2D eigenvalue weighted by Gasteiger charge is 2.48. The number of nitrogens with zero attached hydrogens (tertiary/aromatic N) is 4. The summed E-state index contributed by atoms with van der Waals surface area (Å²) >= 11 is 1.87. The SMILES string of the molecule is c1ccc(-c2cc3c4c(c2)N(c2ccccc2-c2ccccc2)c2nc5c(cc2B4c2ccccc2S3)B2c3ccccc3N(c3ccccc3-c3ccccc3)c3cc(N(c4ccccc4)c4ccccc4)cc(c32)O5)cc1. The van der Waals surface area contributed by atoms with Crippen molar-refractivity contribution in [2.24, 2.45) is 0 Å². The first kappa shape index (κ1) is 45.4. The molecule has 0 aliphatic carbocycles. The fourth-order valence-electron chi connectivity index (χ4n) is 12.8. The lowest BCUT2D eigenvalue weighted by atomic mass is 9.31. The summed E-state index contributed by atoms with van der Waals surface area (Å²) < 4.78 is 7.63. The Kier molecular flexibility index (Phi) is 10.6. The zero-order valence-electron chi connectivity index (χ0n) is 42.8. The molecule has 0 bridgehead atoms. The Bertz CT molecular complexity index is 4320. The predicted molar refractivity (Wildman–Crippen MR) is 331 cm³/mol. The molecule has 0 spiro atoms. The number of rotatable bonds is 8. The average Bonchev–Trinajstić information content (AvgIpc) is 3.32. The maximum atomic E-state index is 7.63. The largest absolute Gasteiger partial charge is 0.440 e. The van der Waals surface area contributed by atoms with Crippen LogP contribution in [0.1, 0.15) is 0 Å². The lowest BCUT2D eigenvalue weighted by molar-refractivity contribution is 0.468. The first-order chi connectivity index (χ1) is 39.2. The van der Waals surface area contributed by atoms with Crippen molar-refractivity contribution in [2.45, 2.75) is 9.79 Å². The van der Waals surface area contributed by atoms with E-state index in [1.54, 1.807) is 0 Å². The Morgan fingerprint density at radius 2 is 0.848 bits per heavy atom. The summed E-state index contributed by atoms with van der Waals surface area (Å²) in [5.74, 6) is 2.23. The molecule has 368 valence electrons. The fourth-order valence-corrected chi connectivity index (χ4v) is 14.0. The van der Waals surface area contributed by atoms with Crippen molar-refractivity contribution in [3.05, 3.63) is 279 Å². The second-order valence-corrected chi connectivity index (χ2v) is 21.6. The van der Waals surface area contributed by atoms with E-state index in [9.17, 15) is 0 Å². The normalized spacial score (nSPS) is 13.0. The number of fused-ring (bicyclic) bond motifs is 8. The van der Waals surface area contributed by atoms with E-state index >= 15 is 0 Å². The van der Waals surface area contributed by atoms with Gasteiger partial charge in [-0.05, 0) is 116 Å². The second kappa shape index (κ2) is 18.5. The van der Waals surface area contributed by atoms with Gasteiger partial charge in [0.1, 0.15) is 11.6 Å². The number of pyridine rings is 1. The van der Waals surface area contributed by atoms with Gasteiger partial charge in [-0.2, -0.15) is 4.98 Å². The van der Waals surface area contributed by atoms with Gasteiger partial charge in [-0.15, -0.1) is 0 Å². The first-order valence-electron chi connectivity index (χ1n) is 27.0. The van der Waals surface area contributed by atoms with E-state index < -0.39 is 0 Å². The highest BCUT2D eigenvalue weighted by Crippen LogP contribution is 2.50. The third-order valence-electron chi connectivity index (χ3n) is 16.1. The van der Waals surface area contributed by atoms with Crippen molar-refractivity contribution >= 4 is 109 Å². The number of hydrogen-bond donors (Lipinski definition) is 0. The molecule has 16 rings (SSSR count). The second-order valence-electron chi connectivity index (χ2n) is 20.6. The van der Waals surface area contributed by atoms with Crippen LogP contribution in [0.25, 0.3) is 33.4 Å². The molecule has 5 heterocycles. The molecule has 0 atom stereocenters. The molecule has 1 aromatic heterocycles. The van der Waals surface area contributed by atoms with Crippen molar-refractivity contribution in [3.8, 4) is 45.0 Å². The standard InChI is InChI=1S/C71H46B2N4OS/c1-6-24-47(25-7-1)50-42-63-69-67(43-50)79-66-41-23-19-37-57(66)73(69)58-46-59-71(74-70(58)77(63)61-39-21-17-35-55(61)49-28-10-3-11-29-49)78-65-45-53(75(51-30-12-4-13-31-51)52-32-14-5-15-33-52)44-64-68(65)72(59)56-36-18-22-40-62(56)76(64)60-38-20-16-34-54(60)48-26-8-2-9-27-48/h1-46H. The van der Waals surface area contributed by atoms with Crippen LogP contribution < -0.4 is 52.2 Å². The van der Waals surface area contributed by atoms with Crippen molar-refractivity contribution in [3.63, 3.8) is 0 Å². The van der Waals surface area contributed by atoms with Gasteiger partial charge in [0.2, 0.25) is 5.88 Å². The summed E-state index contributed by atoms with van der Waals surface area (Å²) in [6.07, 6.45) is 0. The van der Waals surface area contributed by atoms with E-state index in [1.807, 2.05) is 11.8 Å². The Morgan fingerprint density at radius 1 is 0.342 bits per heavy atom. The van der Waals surface area contributed by atoms with E-state index in [-0.39, 0.29) is 13.4 Å². The molecule has 0 fully saturated rings. The minimum atomic E-state index is -0.224. The van der Waals surface area contributed by atoms with E-state index in [1.165, 1.54) is 31.7 Å². The van der Waals surface area contributed by atoms with Gasteiger partial charge in [0.05, 0.1) is 17.1 Å². The number of benzene rings is 11. The van der Waals surface area contributed by atoms with Gasteiger partial charge in [0.15, 0.2) is 0 Å². The molecule has 12 aromatic rings. The molecule has 0 saturated heterocycles. The molecule has 5 nitrogen and oxygen atoms in total. The quantitative estimate of drug-likeness (QED) is 0.141. The topological polar surface area (TPSA) is 31.8 Å². The lowest BCUT2D eigenvalue weighted by Gasteiger charge is -2.43. The smallest absolute Gasteiger partial charge is 0.258 e. The van der Waals surface area contributed by atoms with Crippen LogP contribution >= 0.6 is 11.8 Å². The van der Waals surface area contributed by atoms with Crippen molar-refractivity contribution < 1.29 is 4.74 Å². The Hall–Kier alpha value is -9.75. The molecule has 0 saturated carbocycles. The Morgan fingerprint density at radius 3 is 1.49 bits per heavy atom. The van der Waals surface area contributed by atoms with Crippen LogP contribution in [-0.4, -0.2) is 18.4 Å². The number of hydrogen-bond acceptors (Lipinski definition) is 6. The highest BCUT2D eigenvalue weighted by atomic mass is 32.2. The van der Waals surface area contributed by atoms with Gasteiger partial charge in [0.25, 0.3) is 13.4 Å². The van der Waals surface area contributed by atoms with Crippen LogP contribution in [-0.2, 0) is 0 Å². The molecule has 0 N–H and O–H groups in total. The van der Waals surface area contributed by atoms with Crippen molar-refractivity contribution in [2.75, 3.05) is 14.7 Å². The van der Waals surface area contributed by atoms with Crippen LogP contribution in [0, 0.1) is 0 Å². The molecular weight excluding hydrogens is 978 g/mol. The number of anilines is 9. The van der Waals surface area contributed by atoms with E-state index in [2.05, 4.69) is 294 Å². The third-order valence-corrected chi connectivity index (χ3v) is 17.3. The molecule has 8 heteroatoms. The average molecular weight is 1020 g/mol. The summed E-state index contributed by atoms with van der Waals surface area (Å²) in [6, 6.07) is 101. The maximum Gasteiger partial charge on any atom is 0.258 e. The molecule has 0 unspecified atom stereocenters. The first-order valence-corrected chi connectivity index (χ1v) is 27.8. The molecular formula is C71H46B2N4OS. The molecule has 11 aromatic carbocycles. The fraction of sp³-hybridized carbons (Fsp3) is 0.